The average Bonchev–Trinajstić information content (AvgIpc) is 2.88. The van der Waals surface area contributed by atoms with Crippen LogP contribution >= 0.6 is 23.7 Å². The van der Waals surface area contributed by atoms with E-state index < -0.39 is 10.0 Å². The number of nitrogens with one attached hydrogen (secondary N) is 1. The van der Waals surface area contributed by atoms with Gasteiger partial charge < -0.3 is 5.73 Å². The second-order valence-corrected chi connectivity index (χ2v) is 6.62. The minimum Gasteiger partial charge on any atom is -0.329 e. The highest BCUT2D eigenvalue weighted by Gasteiger charge is 2.33. The topological polar surface area (TPSA) is 72.2 Å². The first kappa shape index (κ1) is 13.9. The van der Waals surface area contributed by atoms with Crippen LogP contribution in [0.2, 0.25) is 0 Å². The Hall–Kier alpha value is -0.140. The first-order chi connectivity index (χ1) is 7.13. The minimum atomic E-state index is -3.34. The van der Waals surface area contributed by atoms with Gasteiger partial charge in [-0.2, -0.15) is 0 Å². The van der Waals surface area contributed by atoms with E-state index in [0.717, 1.165) is 12.8 Å². The zero-order chi connectivity index (χ0) is 10.9. The molecule has 1 aliphatic carbocycles. The molecule has 4 nitrogen and oxygen atoms in total. The van der Waals surface area contributed by atoms with E-state index in [-0.39, 0.29) is 18.4 Å². The van der Waals surface area contributed by atoms with Gasteiger partial charge in [0.05, 0.1) is 0 Å². The summed E-state index contributed by atoms with van der Waals surface area (Å²) in [7, 11) is -3.34. The molecule has 3 N–H and O–H groups in total. The fraction of sp³-hybridized carbons (Fsp3) is 0.556. The molecule has 1 atom stereocenters. The maximum Gasteiger partial charge on any atom is 0.250 e. The van der Waals surface area contributed by atoms with Gasteiger partial charge in [-0.05, 0) is 30.2 Å². The maximum absolute atomic E-state index is 11.8. The Kier molecular flexibility index (Phi) is 4.75. The van der Waals surface area contributed by atoms with E-state index >= 15 is 0 Å². The Labute approximate surface area is 106 Å². The molecule has 1 aromatic heterocycles. The number of nitrogens with two attached hydrogens (primary N) is 1. The van der Waals surface area contributed by atoms with E-state index in [4.69, 9.17) is 5.73 Å². The summed E-state index contributed by atoms with van der Waals surface area (Å²) in [5, 5.41) is 1.75. The summed E-state index contributed by atoms with van der Waals surface area (Å²) in [5.41, 5.74) is 5.55. The van der Waals surface area contributed by atoms with Crippen LogP contribution in [0.15, 0.2) is 21.7 Å². The molecule has 0 spiro atoms. The molecule has 1 aliphatic rings. The zero-order valence-corrected chi connectivity index (χ0v) is 11.1. The van der Waals surface area contributed by atoms with E-state index in [0.29, 0.717) is 16.7 Å². The van der Waals surface area contributed by atoms with Crippen LogP contribution in [0.5, 0.6) is 0 Å². The lowest BCUT2D eigenvalue weighted by atomic mass is 10.2. The Morgan fingerprint density at radius 2 is 2.25 bits per heavy atom. The van der Waals surface area contributed by atoms with Crippen LogP contribution in [-0.4, -0.2) is 21.0 Å². The fourth-order valence-corrected chi connectivity index (χ4v) is 3.84. The maximum atomic E-state index is 11.8. The van der Waals surface area contributed by atoms with Gasteiger partial charge in [-0.15, -0.1) is 23.7 Å². The summed E-state index contributed by atoms with van der Waals surface area (Å²) >= 11 is 1.22. The molecule has 0 amide bonds. The molecule has 1 fully saturated rings. The summed E-state index contributed by atoms with van der Waals surface area (Å²) in [6.07, 6.45) is 2.16. The van der Waals surface area contributed by atoms with E-state index in [2.05, 4.69) is 4.72 Å². The van der Waals surface area contributed by atoms with Crippen molar-refractivity contribution in [2.45, 2.75) is 23.1 Å². The summed E-state index contributed by atoms with van der Waals surface area (Å²) in [6.45, 7) is 0.370. The quantitative estimate of drug-likeness (QED) is 0.852. The van der Waals surface area contributed by atoms with Crippen LogP contribution in [-0.2, 0) is 10.0 Å². The second kappa shape index (κ2) is 5.46. The molecule has 16 heavy (non-hydrogen) atoms. The van der Waals surface area contributed by atoms with Gasteiger partial charge in [-0.3, -0.25) is 0 Å². The predicted octanol–water partition coefficient (Wildman–Crippen LogP) is 1.19. The molecule has 0 saturated heterocycles. The van der Waals surface area contributed by atoms with Crippen LogP contribution in [0, 0.1) is 5.92 Å². The van der Waals surface area contributed by atoms with Gasteiger partial charge in [0, 0.05) is 12.6 Å². The van der Waals surface area contributed by atoms with E-state index in [1.807, 2.05) is 0 Å². The van der Waals surface area contributed by atoms with Crippen molar-refractivity contribution in [1.82, 2.24) is 4.72 Å². The van der Waals surface area contributed by atoms with Crippen molar-refractivity contribution in [3.63, 3.8) is 0 Å². The molecule has 0 radical (unpaired) electrons. The third-order valence-corrected chi connectivity index (χ3v) is 5.40. The monoisotopic (exact) mass is 282 g/mol. The van der Waals surface area contributed by atoms with Crippen LogP contribution in [0.1, 0.15) is 12.8 Å². The normalized spacial score (nSPS) is 17.8. The van der Waals surface area contributed by atoms with E-state index in [1.54, 1.807) is 17.5 Å². The van der Waals surface area contributed by atoms with E-state index in [9.17, 15) is 8.42 Å². The zero-order valence-electron chi connectivity index (χ0n) is 8.63. The first-order valence-electron chi connectivity index (χ1n) is 4.89. The summed E-state index contributed by atoms with van der Waals surface area (Å²) < 4.78 is 26.7. The van der Waals surface area contributed by atoms with Gasteiger partial charge in [0.15, 0.2) is 0 Å². The van der Waals surface area contributed by atoms with Crippen molar-refractivity contribution in [3.8, 4) is 0 Å². The summed E-state index contributed by atoms with van der Waals surface area (Å²) in [5.74, 6) is 0.435. The number of sulfonamides is 1. The Morgan fingerprint density at radius 3 is 2.69 bits per heavy atom. The average molecular weight is 283 g/mol. The van der Waals surface area contributed by atoms with Crippen LogP contribution in [0.4, 0.5) is 0 Å². The van der Waals surface area contributed by atoms with Gasteiger partial charge in [0.25, 0.3) is 0 Å². The Bertz CT molecular complexity index is 415. The molecular formula is C9H15ClN2O2S2. The molecule has 1 saturated carbocycles. The molecule has 0 bridgehead atoms. The molecular weight excluding hydrogens is 268 g/mol. The van der Waals surface area contributed by atoms with Crippen LogP contribution in [0.3, 0.4) is 0 Å². The highest BCUT2D eigenvalue weighted by Crippen LogP contribution is 2.33. The number of thiophene rings is 1. The third kappa shape index (κ3) is 3.18. The Balaban J connectivity index is 0.00000128. The fourth-order valence-electron chi connectivity index (χ4n) is 1.51. The van der Waals surface area contributed by atoms with Crippen LogP contribution < -0.4 is 10.5 Å². The first-order valence-corrected chi connectivity index (χ1v) is 7.25. The molecule has 1 aromatic rings. The minimum absolute atomic E-state index is 0. The van der Waals surface area contributed by atoms with Crippen molar-refractivity contribution >= 4 is 33.8 Å². The van der Waals surface area contributed by atoms with Crippen molar-refractivity contribution in [2.24, 2.45) is 11.7 Å². The van der Waals surface area contributed by atoms with Crippen LogP contribution in [0.25, 0.3) is 0 Å². The highest BCUT2D eigenvalue weighted by molar-refractivity contribution is 7.91. The lowest BCUT2D eigenvalue weighted by molar-refractivity contribution is 0.520. The summed E-state index contributed by atoms with van der Waals surface area (Å²) in [6, 6.07) is 3.23. The van der Waals surface area contributed by atoms with Gasteiger partial charge in [0.1, 0.15) is 4.21 Å². The summed E-state index contributed by atoms with van der Waals surface area (Å²) in [4.78, 5) is 0. The van der Waals surface area contributed by atoms with Crippen molar-refractivity contribution < 1.29 is 8.42 Å². The molecule has 0 aliphatic heterocycles. The lowest BCUT2D eigenvalue weighted by Gasteiger charge is -2.14. The van der Waals surface area contributed by atoms with Gasteiger partial charge in [-0.1, -0.05) is 6.07 Å². The number of rotatable bonds is 5. The smallest absolute Gasteiger partial charge is 0.250 e. The second-order valence-electron chi connectivity index (χ2n) is 3.73. The number of hydrogen-bond donors (Lipinski definition) is 2. The number of halogens is 1. The molecule has 92 valence electrons. The standard InChI is InChI=1S/C9H14N2O2S2.ClH/c10-6-8(7-3-4-7)11-15(12,13)9-2-1-5-14-9;/h1-2,5,7-8,11H,3-4,6,10H2;1H. The SMILES string of the molecule is Cl.NCC(NS(=O)(=O)c1cccs1)C1CC1. The van der Waals surface area contributed by atoms with Gasteiger partial charge >= 0.3 is 0 Å². The Morgan fingerprint density at radius 1 is 1.56 bits per heavy atom. The predicted molar refractivity (Wildman–Crippen MR) is 67.5 cm³/mol. The third-order valence-electron chi connectivity index (χ3n) is 2.51. The molecule has 7 heteroatoms. The lowest BCUT2D eigenvalue weighted by Crippen LogP contribution is -2.41. The molecule has 0 aromatic carbocycles. The molecule has 2 rings (SSSR count). The molecule has 1 unspecified atom stereocenters. The number of hydrogen-bond acceptors (Lipinski definition) is 4. The van der Waals surface area contributed by atoms with E-state index in [1.165, 1.54) is 11.3 Å². The van der Waals surface area contributed by atoms with Crippen molar-refractivity contribution in [3.05, 3.63) is 17.5 Å². The van der Waals surface area contributed by atoms with Crippen molar-refractivity contribution in [2.75, 3.05) is 6.54 Å². The highest BCUT2D eigenvalue weighted by atomic mass is 35.5. The largest absolute Gasteiger partial charge is 0.329 e. The molecule has 1 heterocycles. The van der Waals surface area contributed by atoms with Gasteiger partial charge in [0.2, 0.25) is 10.0 Å². The van der Waals surface area contributed by atoms with Gasteiger partial charge in [-0.25, -0.2) is 13.1 Å². The van der Waals surface area contributed by atoms with Crippen molar-refractivity contribution in [1.29, 1.82) is 0 Å².